The molecule has 4 nitrogen and oxygen atoms in total. The van der Waals surface area contributed by atoms with E-state index in [9.17, 15) is 14.7 Å². The van der Waals surface area contributed by atoms with Crippen LogP contribution in [0, 0.1) is 0 Å². The summed E-state index contributed by atoms with van der Waals surface area (Å²) in [4.78, 5) is 19.3. The Bertz CT molecular complexity index is 152. The fourth-order valence-corrected chi connectivity index (χ4v) is 0.256. The van der Waals surface area contributed by atoms with Crippen LogP contribution in [0.3, 0.4) is 0 Å². The molecule has 0 aromatic carbocycles. The molecule has 5 heteroatoms. The van der Waals surface area contributed by atoms with E-state index in [1.807, 2.05) is 0 Å². The Kier molecular flexibility index (Phi) is 10.4. The van der Waals surface area contributed by atoms with E-state index in [1.165, 1.54) is 0 Å². The zero-order chi connectivity index (χ0) is 7.28. The van der Waals surface area contributed by atoms with Crippen LogP contribution in [0.25, 0.3) is 0 Å². The van der Waals surface area contributed by atoms with Crippen LogP contribution in [0.4, 0.5) is 0 Å². The summed E-state index contributed by atoms with van der Waals surface area (Å²) in [5.74, 6) is -2.44. The van der Waals surface area contributed by atoms with Gasteiger partial charge in [0.15, 0.2) is 0 Å². The van der Waals surface area contributed by atoms with E-state index in [0.717, 1.165) is 6.08 Å². The van der Waals surface area contributed by atoms with Crippen LogP contribution in [-0.4, -0.2) is 17.0 Å². The van der Waals surface area contributed by atoms with Gasteiger partial charge >= 0.3 is 74.9 Å². The molecule has 0 amide bonds. The molecular weight excluding hydrogens is 257 g/mol. The molecule has 0 aliphatic rings. The standard InChI is InChI=1S/C5H6O4.Cs/c6-4(7)2-1-3-5(8)9;/h1-2H,3H2,(H,6,7)(H,8,9);/q;+1/p-1/b2-1+;. The van der Waals surface area contributed by atoms with E-state index in [2.05, 4.69) is 0 Å². The van der Waals surface area contributed by atoms with E-state index in [0.29, 0.717) is 6.08 Å². The van der Waals surface area contributed by atoms with Crippen LogP contribution < -0.4 is 74.0 Å². The molecule has 0 aromatic rings. The zero-order valence-electron chi connectivity index (χ0n) is 5.53. The average molecular weight is 262 g/mol. The second-order valence-corrected chi connectivity index (χ2v) is 1.32. The summed E-state index contributed by atoms with van der Waals surface area (Å²) in [6.45, 7) is 0. The van der Waals surface area contributed by atoms with Gasteiger partial charge in [-0.15, -0.1) is 0 Å². The van der Waals surface area contributed by atoms with Gasteiger partial charge in [-0.25, -0.2) is 0 Å². The first-order valence-electron chi connectivity index (χ1n) is 2.22. The van der Waals surface area contributed by atoms with Crippen molar-refractivity contribution in [1.82, 2.24) is 0 Å². The topological polar surface area (TPSA) is 77.4 Å². The van der Waals surface area contributed by atoms with Gasteiger partial charge in [-0.3, -0.25) is 4.79 Å². The first kappa shape index (κ1) is 13.3. The van der Waals surface area contributed by atoms with Crippen LogP contribution in [0.15, 0.2) is 12.2 Å². The summed E-state index contributed by atoms with van der Waals surface area (Å²) in [5, 5.41) is 17.6. The van der Waals surface area contributed by atoms with Crippen LogP contribution in [0.2, 0.25) is 0 Å². The summed E-state index contributed by atoms with van der Waals surface area (Å²) in [6, 6.07) is 0. The van der Waals surface area contributed by atoms with Crippen molar-refractivity contribution in [2.24, 2.45) is 0 Å². The Labute approximate surface area is 117 Å². The summed E-state index contributed by atoms with van der Waals surface area (Å²) in [6.07, 6.45) is 1.42. The molecule has 0 saturated heterocycles. The van der Waals surface area contributed by atoms with Gasteiger partial charge in [0.2, 0.25) is 0 Å². The van der Waals surface area contributed by atoms with Crippen molar-refractivity contribution in [3.05, 3.63) is 12.2 Å². The molecule has 0 saturated carbocycles. The first-order valence-corrected chi connectivity index (χ1v) is 2.22. The van der Waals surface area contributed by atoms with Gasteiger partial charge in [0.1, 0.15) is 0 Å². The maximum absolute atomic E-state index is 9.72. The number of hydrogen-bond acceptors (Lipinski definition) is 3. The molecule has 0 atom stereocenters. The van der Waals surface area contributed by atoms with Crippen LogP contribution in [0.1, 0.15) is 6.42 Å². The Morgan fingerprint density at radius 3 is 2.30 bits per heavy atom. The van der Waals surface area contributed by atoms with Crippen LogP contribution in [0.5, 0.6) is 0 Å². The summed E-state index contributed by atoms with van der Waals surface area (Å²) in [7, 11) is 0. The summed E-state index contributed by atoms with van der Waals surface area (Å²) < 4.78 is 0. The van der Waals surface area contributed by atoms with Gasteiger partial charge < -0.3 is 15.0 Å². The number of rotatable bonds is 3. The van der Waals surface area contributed by atoms with Crippen molar-refractivity contribution in [1.29, 1.82) is 0 Å². The van der Waals surface area contributed by atoms with E-state index >= 15 is 0 Å². The molecule has 10 heavy (non-hydrogen) atoms. The Morgan fingerprint density at radius 2 is 2.00 bits per heavy atom. The zero-order valence-corrected chi connectivity index (χ0v) is 11.8. The molecular formula is C5H5CsO4. The minimum Gasteiger partial charge on any atom is -0.545 e. The van der Waals surface area contributed by atoms with Gasteiger partial charge in [0.05, 0.1) is 12.4 Å². The molecule has 0 heterocycles. The van der Waals surface area contributed by atoms with Crippen LogP contribution >= 0.6 is 0 Å². The number of carboxylic acids is 2. The number of hydrogen-bond donors (Lipinski definition) is 1. The molecule has 0 bridgehead atoms. The minimum atomic E-state index is -1.38. The van der Waals surface area contributed by atoms with E-state index in [1.54, 1.807) is 0 Å². The van der Waals surface area contributed by atoms with Gasteiger partial charge in [-0.1, -0.05) is 6.08 Å². The molecule has 0 aromatic heterocycles. The number of aliphatic carboxylic acids is 2. The van der Waals surface area contributed by atoms with E-state index in [-0.39, 0.29) is 75.3 Å². The molecule has 0 fully saturated rings. The van der Waals surface area contributed by atoms with Crippen molar-refractivity contribution in [3.63, 3.8) is 0 Å². The van der Waals surface area contributed by atoms with Crippen molar-refractivity contribution >= 4 is 11.9 Å². The Morgan fingerprint density at radius 1 is 1.50 bits per heavy atom. The Balaban J connectivity index is 0. The largest absolute Gasteiger partial charge is 1.00 e. The fraction of sp³-hybridized carbons (Fsp3) is 0.200. The quantitative estimate of drug-likeness (QED) is 0.523. The van der Waals surface area contributed by atoms with Crippen molar-refractivity contribution in [2.75, 3.05) is 0 Å². The molecule has 1 N–H and O–H groups in total. The normalized spacial score (nSPS) is 8.80. The van der Waals surface area contributed by atoms with Crippen LogP contribution in [-0.2, 0) is 9.59 Å². The third kappa shape index (κ3) is 11.5. The molecule has 0 unspecified atom stereocenters. The van der Waals surface area contributed by atoms with E-state index in [4.69, 9.17) is 5.11 Å². The van der Waals surface area contributed by atoms with Crippen molar-refractivity contribution in [3.8, 4) is 0 Å². The second-order valence-electron chi connectivity index (χ2n) is 1.32. The summed E-state index contributed by atoms with van der Waals surface area (Å²) in [5.41, 5.74) is 0. The second kappa shape index (κ2) is 7.83. The molecule has 50 valence electrons. The number of carbonyl (C=O) groups is 2. The SMILES string of the molecule is O=C([O-])/C=C/CC(=O)O.[Cs+]. The third-order valence-electron chi connectivity index (χ3n) is 0.546. The number of carboxylic acid groups (broad SMARTS) is 2. The maximum Gasteiger partial charge on any atom is 1.00 e. The average Bonchev–Trinajstić information content (AvgIpc) is 1.63. The summed E-state index contributed by atoms with van der Waals surface area (Å²) >= 11 is 0. The van der Waals surface area contributed by atoms with Crippen molar-refractivity contribution in [2.45, 2.75) is 6.42 Å². The predicted molar refractivity (Wildman–Crippen MR) is 26.4 cm³/mol. The van der Waals surface area contributed by atoms with Gasteiger partial charge in [-0.2, -0.15) is 0 Å². The molecule has 0 aliphatic carbocycles. The van der Waals surface area contributed by atoms with Gasteiger partial charge in [0, 0.05) is 0 Å². The molecule has 0 rings (SSSR count). The first-order chi connectivity index (χ1) is 4.13. The van der Waals surface area contributed by atoms with Gasteiger partial charge in [0.25, 0.3) is 0 Å². The molecule has 0 spiro atoms. The predicted octanol–water partition coefficient (Wildman–Crippen LogP) is -4.23. The Hall–Kier alpha value is 0.732. The van der Waals surface area contributed by atoms with Crippen molar-refractivity contribution < 1.29 is 88.7 Å². The monoisotopic (exact) mass is 262 g/mol. The molecule has 0 radical (unpaired) electrons. The molecule has 0 aliphatic heterocycles. The van der Waals surface area contributed by atoms with Gasteiger partial charge in [-0.05, 0) is 6.08 Å². The smallest absolute Gasteiger partial charge is 0.545 e. The third-order valence-corrected chi connectivity index (χ3v) is 0.546. The fourth-order valence-electron chi connectivity index (χ4n) is 0.256. The number of carbonyl (C=O) groups excluding carboxylic acids is 1. The maximum atomic E-state index is 9.72. The van der Waals surface area contributed by atoms with E-state index < -0.39 is 11.9 Å². The minimum absolute atomic E-state index is 0.